The van der Waals surface area contributed by atoms with Gasteiger partial charge < -0.3 is 19.4 Å². The minimum atomic E-state index is -0.505. The molecule has 0 unspecified atom stereocenters. The summed E-state index contributed by atoms with van der Waals surface area (Å²) in [6, 6.07) is 14.6. The van der Waals surface area contributed by atoms with Crippen LogP contribution in [0.2, 0.25) is 0 Å². The van der Waals surface area contributed by atoms with Gasteiger partial charge in [0.25, 0.3) is 5.91 Å². The molecule has 0 radical (unpaired) electrons. The molecule has 3 rings (SSSR count). The van der Waals surface area contributed by atoms with Crippen molar-refractivity contribution >= 4 is 28.6 Å². The summed E-state index contributed by atoms with van der Waals surface area (Å²) < 4.78 is 12.3. The predicted molar refractivity (Wildman–Crippen MR) is 102 cm³/mol. The molecule has 3 aromatic rings. The van der Waals surface area contributed by atoms with E-state index in [9.17, 15) is 9.59 Å². The minimum absolute atomic E-state index is 0.00480. The topological polar surface area (TPSA) is 82.5 Å². The molecule has 0 saturated carbocycles. The summed E-state index contributed by atoms with van der Waals surface area (Å²) in [5, 5.41) is 2.69. The van der Waals surface area contributed by atoms with Gasteiger partial charge in [0.15, 0.2) is 6.61 Å². The molecule has 140 valence electrons. The Labute approximate surface area is 156 Å². The zero-order valence-corrected chi connectivity index (χ0v) is 15.3. The van der Waals surface area contributed by atoms with Gasteiger partial charge in [0, 0.05) is 0 Å². The van der Waals surface area contributed by atoms with Crippen LogP contribution in [0.5, 0.6) is 5.75 Å². The molecular weight excluding hydrogens is 346 g/mol. The molecule has 0 aliphatic carbocycles. The van der Waals surface area contributed by atoms with Crippen molar-refractivity contribution in [3.63, 3.8) is 0 Å². The number of rotatable bonds is 7. The second kappa shape index (κ2) is 8.35. The molecule has 0 atom stereocenters. The molecule has 0 aliphatic heterocycles. The molecule has 7 heteroatoms. The van der Waals surface area contributed by atoms with Crippen LogP contribution in [0.3, 0.4) is 0 Å². The van der Waals surface area contributed by atoms with E-state index in [-0.39, 0.29) is 13.2 Å². The van der Waals surface area contributed by atoms with Gasteiger partial charge in [-0.1, -0.05) is 24.3 Å². The highest BCUT2D eigenvalue weighted by atomic mass is 16.5. The molecule has 1 heterocycles. The Morgan fingerprint density at radius 1 is 1.11 bits per heavy atom. The van der Waals surface area contributed by atoms with E-state index >= 15 is 0 Å². The number of hydrogen-bond donors (Lipinski definition) is 1. The molecular formula is C20H21N3O4. The van der Waals surface area contributed by atoms with Crippen molar-refractivity contribution in [3.05, 3.63) is 54.4 Å². The lowest BCUT2D eigenvalue weighted by molar-refractivity contribution is -0.147. The first-order valence-electron chi connectivity index (χ1n) is 8.67. The highest BCUT2D eigenvalue weighted by molar-refractivity contribution is 5.94. The van der Waals surface area contributed by atoms with E-state index in [0.717, 1.165) is 11.0 Å². The quantitative estimate of drug-likeness (QED) is 0.649. The number of imidazole rings is 1. The average Bonchev–Trinajstić information content (AvgIpc) is 2.97. The fourth-order valence-corrected chi connectivity index (χ4v) is 2.75. The summed E-state index contributed by atoms with van der Waals surface area (Å²) in [6.45, 7) is 3.80. The lowest BCUT2D eigenvalue weighted by atomic mass is 10.3. The van der Waals surface area contributed by atoms with Crippen molar-refractivity contribution < 1.29 is 19.1 Å². The smallest absolute Gasteiger partial charge is 0.326 e. The number of carbonyl (C=O) groups excluding carboxylic acids is 2. The molecule has 0 bridgehead atoms. The first-order valence-corrected chi connectivity index (χ1v) is 8.67. The third kappa shape index (κ3) is 4.44. The number of para-hydroxylation sites is 4. The third-order valence-electron chi connectivity index (χ3n) is 3.96. The number of amides is 1. The summed E-state index contributed by atoms with van der Waals surface area (Å²) in [5.41, 5.74) is 2.20. The number of benzene rings is 2. The van der Waals surface area contributed by atoms with Crippen molar-refractivity contribution in [2.45, 2.75) is 20.4 Å². The molecule has 0 aliphatic rings. The van der Waals surface area contributed by atoms with Crippen molar-refractivity contribution in [2.75, 3.05) is 18.5 Å². The van der Waals surface area contributed by atoms with Crippen LogP contribution in [0.25, 0.3) is 11.0 Å². The zero-order chi connectivity index (χ0) is 19.2. The van der Waals surface area contributed by atoms with Gasteiger partial charge in [0.1, 0.15) is 18.1 Å². The second-order valence-electron chi connectivity index (χ2n) is 5.87. The summed E-state index contributed by atoms with van der Waals surface area (Å²) >= 11 is 0. The molecule has 7 nitrogen and oxygen atoms in total. The minimum Gasteiger partial charge on any atom is -0.492 e. The Kier molecular flexibility index (Phi) is 5.71. The zero-order valence-electron chi connectivity index (χ0n) is 15.3. The van der Waals surface area contributed by atoms with E-state index in [1.165, 1.54) is 0 Å². The first-order chi connectivity index (χ1) is 13.1. The van der Waals surface area contributed by atoms with E-state index in [4.69, 9.17) is 9.47 Å². The Morgan fingerprint density at radius 2 is 1.85 bits per heavy atom. The van der Waals surface area contributed by atoms with E-state index in [1.807, 2.05) is 44.2 Å². The van der Waals surface area contributed by atoms with Crippen LogP contribution >= 0.6 is 0 Å². The molecule has 0 spiro atoms. The van der Waals surface area contributed by atoms with Crippen LogP contribution in [0.1, 0.15) is 12.7 Å². The third-order valence-corrected chi connectivity index (χ3v) is 3.96. The lowest BCUT2D eigenvalue weighted by Gasteiger charge is -2.11. The SMILES string of the molecule is CCOc1ccccc1NC(=O)COC(=O)Cn1c(C)nc2ccccc21. The number of fused-ring (bicyclic) bond motifs is 1. The number of aromatic nitrogens is 2. The van der Waals surface area contributed by atoms with Crippen LogP contribution in [0, 0.1) is 6.92 Å². The number of nitrogens with zero attached hydrogens (tertiary/aromatic N) is 2. The number of hydrogen-bond acceptors (Lipinski definition) is 5. The van der Waals surface area contributed by atoms with Crippen LogP contribution in [0.4, 0.5) is 5.69 Å². The Bertz CT molecular complexity index is 965. The van der Waals surface area contributed by atoms with Gasteiger partial charge in [0.2, 0.25) is 0 Å². The highest BCUT2D eigenvalue weighted by Gasteiger charge is 2.14. The Balaban J connectivity index is 1.57. The maximum Gasteiger partial charge on any atom is 0.326 e. The van der Waals surface area contributed by atoms with Gasteiger partial charge in [-0.05, 0) is 38.1 Å². The van der Waals surface area contributed by atoms with Crippen LogP contribution < -0.4 is 10.1 Å². The number of carbonyl (C=O) groups is 2. The molecule has 2 aromatic carbocycles. The van der Waals surface area contributed by atoms with E-state index < -0.39 is 11.9 Å². The molecule has 0 fully saturated rings. The maximum absolute atomic E-state index is 12.2. The monoisotopic (exact) mass is 367 g/mol. The number of anilines is 1. The highest BCUT2D eigenvalue weighted by Crippen LogP contribution is 2.23. The summed E-state index contributed by atoms with van der Waals surface area (Å²) in [5.74, 6) is 0.348. The van der Waals surface area contributed by atoms with Gasteiger partial charge in [-0.3, -0.25) is 9.59 Å². The largest absolute Gasteiger partial charge is 0.492 e. The van der Waals surface area contributed by atoms with Crippen molar-refractivity contribution in [1.82, 2.24) is 9.55 Å². The lowest BCUT2D eigenvalue weighted by Crippen LogP contribution is -2.23. The first kappa shape index (κ1) is 18.4. The van der Waals surface area contributed by atoms with Gasteiger partial charge in [-0.25, -0.2) is 4.98 Å². The molecule has 1 N–H and O–H groups in total. The van der Waals surface area contributed by atoms with Crippen LogP contribution in [-0.2, 0) is 20.9 Å². The number of ether oxygens (including phenoxy) is 2. The fraction of sp³-hybridized carbons (Fsp3) is 0.250. The number of esters is 1. The van der Waals surface area contributed by atoms with Gasteiger partial charge in [-0.15, -0.1) is 0 Å². The maximum atomic E-state index is 12.2. The molecule has 27 heavy (non-hydrogen) atoms. The van der Waals surface area contributed by atoms with E-state index in [2.05, 4.69) is 10.3 Å². The van der Waals surface area contributed by atoms with Gasteiger partial charge >= 0.3 is 5.97 Å². The molecule has 1 amide bonds. The van der Waals surface area contributed by atoms with Crippen LogP contribution in [-0.4, -0.2) is 34.6 Å². The Hall–Kier alpha value is -3.35. The normalized spacial score (nSPS) is 10.6. The summed E-state index contributed by atoms with van der Waals surface area (Å²) in [4.78, 5) is 28.7. The van der Waals surface area contributed by atoms with Crippen molar-refractivity contribution in [2.24, 2.45) is 0 Å². The average molecular weight is 367 g/mol. The standard InChI is InChI=1S/C20H21N3O4/c1-3-26-18-11-7-5-9-16(18)22-19(24)13-27-20(25)12-23-14(2)21-15-8-4-6-10-17(15)23/h4-11H,3,12-13H2,1-2H3,(H,22,24). The Morgan fingerprint density at radius 3 is 2.67 bits per heavy atom. The predicted octanol–water partition coefficient (Wildman–Crippen LogP) is 2.93. The molecule has 0 saturated heterocycles. The van der Waals surface area contributed by atoms with Crippen molar-refractivity contribution in [3.8, 4) is 5.75 Å². The number of aryl methyl sites for hydroxylation is 1. The second-order valence-corrected chi connectivity index (χ2v) is 5.87. The van der Waals surface area contributed by atoms with E-state index in [1.54, 1.807) is 22.8 Å². The van der Waals surface area contributed by atoms with Gasteiger partial charge in [0.05, 0.1) is 23.3 Å². The number of nitrogens with one attached hydrogen (secondary N) is 1. The van der Waals surface area contributed by atoms with Crippen LogP contribution in [0.15, 0.2) is 48.5 Å². The van der Waals surface area contributed by atoms with E-state index in [0.29, 0.717) is 23.9 Å². The molecule has 1 aromatic heterocycles. The van der Waals surface area contributed by atoms with Gasteiger partial charge in [-0.2, -0.15) is 0 Å². The summed E-state index contributed by atoms with van der Waals surface area (Å²) in [7, 11) is 0. The van der Waals surface area contributed by atoms with Crippen molar-refractivity contribution in [1.29, 1.82) is 0 Å². The summed E-state index contributed by atoms with van der Waals surface area (Å²) in [6.07, 6.45) is 0. The fourth-order valence-electron chi connectivity index (χ4n) is 2.75.